The van der Waals surface area contributed by atoms with Crippen LogP contribution < -0.4 is 5.32 Å². The number of hydrogen-bond acceptors (Lipinski definition) is 10. The van der Waals surface area contributed by atoms with Gasteiger partial charge in [-0.3, -0.25) is 4.79 Å². The lowest BCUT2D eigenvalue weighted by molar-refractivity contribution is -0.303. The molecule has 0 aromatic rings. The van der Waals surface area contributed by atoms with Crippen LogP contribution in [0.15, 0.2) is 12.2 Å². The molecule has 11 nitrogen and oxygen atoms in total. The molecule has 1 heterocycles. The van der Waals surface area contributed by atoms with Crippen molar-refractivity contribution in [2.75, 3.05) is 13.2 Å². The van der Waals surface area contributed by atoms with Gasteiger partial charge in [-0.15, -0.1) is 0 Å². The van der Waals surface area contributed by atoms with Crippen LogP contribution in [0, 0.1) is 0 Å². The fraction of sp³-hybridized carbons (Fsp3) is 0.942. The van der Waals surface area contributed by atoms with Crippen LogP contribution in [0.3, 0.4) is 0 Å². The van der Waals surface area contributed by atoms with Crippen LogP contribution in [0.25, 0.3) is 0 Å². The van der Waals surface area contributed by atoms with Gasteiger partial charge in [0.1, 0.15) is 36.6 Å². The second kappa shape index (κ2) is 42.2. The lowest BCUT2D eigenvalue weighted by Crippen LogP contribution is -2.60. The summed E-state index contributed by atoms with van der Waals surface area (Å²) in [5.41, 5.74) is 0. The number of hydrogen-bond donors (Lipinski definition) is 8. The van der Waals surface area contributed by atoms with Gasteiger partial charge in [-0.25, -0.2) is 0 Å². The predicted octanol–water partition coefficient (Wildman–Crippen LogP) is 10.0. The molecule has 0 aliphatic carbocycles. The highest BCUT2D eigenvalue weighted by Crippen LogP contribution is 2.23. The fourth-order valence-corrected chi connectivity index (χ4v) is 8.68. The summed E-state index contributed by atoms with van der Waals surface area (Å²) in [6.45, 7) is 3.44. The summed E-state index contributed by atoms with van der Waals surface area (Å²) in [5, 5.41) is 75.8. The minimum absolute atomic E-state index is 0.259. The normalized spacial score (nSPS) is 21.2. The van der Waals surface area contributed by atoms with Gasteiger partial charge in [-0.05, 0) is 38.5 Å². The number of rotatable bonds is 45. The van der Waals surface area contributed by atoms with Crippen molar-refractivity contribution in [1.29, 1.82) is 0 Å². The Balaban J connectivity index is 2.33. The SMILES string of the molecule is CCCCCCCCCC/C=C/CCCC(O)C(O)C(COC1OC(CO)C(O)C(O)C1O)NC(=O)C(O)CCCCCCCCCCCCCCCCCCCCCCCCC. The van der Waals surface area contributed by atoms with Crippen molar-refractivity contribution in [3.63, 3.8) is 0 Å². The molecule has 0 radical (unpaired) electrons. The predicted molar refractivity (Wildman–Crippen MR) is 256 cm³/mol. The Hall–Kier alpha value is -1.15. The van der Waals surface area contributed by atoms with Gasteiger partial charge in [0.05, 0.1) is 25.4 Å². The van der Waals surface area contributed by atoms with Crippen molar-refractivity contribution in [3.8, 4) is 0 Å². The van der Waals surface area contributed by atoms with E-state index in [1.54, 1.807) is 0 Å². The summed E-state index contributed by atoms with van der Waals surface area (Å²) in [4.78, 5) is 13.1. The standard InChI is InChI=1S/C52H101NO10/c1-3-5-7-9-11-13-15-17-18-19-20-21-22-23-24-25-26-28-30-32-34-36-38-40-45(56)51(61)53-43(42-62-52-50(60)49(59)48(58)46(41-54)63-52)47(57)44(55)39-37-35-33-31-29-27-16-14-12-10-8-6-4-2/h31,33,43-50,52,54-60H,3-30,32,34-42H2,1-2H3,(H,53,61)/b33-31+. The molecule has 9 unspecified atom stereocenters. The molecule has 63 heavy (non-hydrogen) atoms. The number of allylic oxidation sites excluding steroid dienone is 2. The third kappa shape index (κ3) is 31.5. The number of nitrogens with one attached hydrogen (secondary N) is 1. The van der Waals surface area contributed by atoms with Crippen LogP contribution in [0.2, 0.25) is 0 Å². The molecule has 11 heteroatoms. The highest BCUT2D eigenvalue weighted by Gasteiger charge is 2.44. The molecule has 1 aliphatic rings. The van der Waals surface area contributed by atoms with Crippen molar-refractivity contribution in [3.05, 3.63) is 12.2 Å². The molecule has 1 rings (SSSR count). The van der Waals surface area contributed by atoms with Crippen LogP contribution in [0.5, 0.6) is 0 Å². The summed E-state index contributed by atoms with van der Waals surface area (Å²) < 4.78 is 11.1. The molecule has 8 N–H and O–H groups in total. The molecular weight excluding hydrogens is 799 g/mol. The first-order valence-corrected chi connectivity index (χ1v) is 26.6. The van der Waals surface area contributed by atoms with E-state index in [9.17, 15) is 40.5 Å². The van der Waals surface area contributed by atoms with E-state index < -0.39 is 74.2 Å². The van der Waals surface area contributed by atoms with E-state index >= 15 is 0 Å². The minimum atomic E-state index is -1.66. The van der Waals surface area contributed by atoms with Crippen LogP contribution in [-0.4, -0.2) is 110 Å². The fourth-order valence-electron chi connectivity index (χ4n) is 8.68. The molecule has 374 valence electrons. The van der Waals surface area contributed by atoms with Gasteiger partial charge < -0.3 is 50.5 Å². The molecule has 1 fully saturated rings. The summed E-state index contributed by atoms with van der Waals surface area (Å²) in [7, 11) is 0. The first kappa shape index (κ1) is 59.9. The zero-order chi connectivity index (χ0) is 46.2. The highest BCUT2D eigenvalue weighted by molar-refractivity contribution is 5.80. The number of ether oxygens (including phenoxy) is 2. The van der Waals surface area contributed by atoms with Crippen LogP contribution in [0.1, 0.15) is 245 Å². The molecule has 0 saturated carbocycles. The zero-order valence-electron chi connectivity index (χ0n) is 40.6. The highest BCUT2D eigenvalue weighted by atomic mass is 16.7. The van der Waals surface area contributed by atoms with Gasteiger partial charge in [0.25, 0.3) is 0 Å². The summed E-state index contributed by atoms with van der Waals surface area (Å²) in [6.07, 6.45) is 35.6. The van der Waals surface area contributed by atoms with Crippen molar-refractivity contribution in [1.82, 2.24) is 5.32 Å². The Bertz CT molecular complexity index is 1030. The van der Waals surface area contributed by atoms with Gasteiger partial charge in [-0.1, -0.05) is 219 Å². The van der Waals surface area contributed by atoms with Gasteiger partial charge in [-0.2, -0.15) is 0 Å². The van der Waals surface area contributed by atoms with Gasteiger partial charge >= 0.3 is 0 Å². The van der Waals surface area contributed by atoms with Crippen LogP contribution in [-0.2, 0) is 14.3 Å². The third-order valence-corrected chi connectivity index (χ3v) is 13.1. The molecule has 0 spiro atoms. The Morgan fingerprint density at radius 1 is 0.540 bits per heavy atom. The number of carbonyl (C=O) groups excluding carboxylic acids is 1. The Kier molecular flexibility index (Phi) is 40.1. The minimum Gasteiger partial charge on any atom is -0.394 e. The van der Waals surface area contributed by atoms with Gasteiger partial charge in [0, 0.05) is 0 Å². The van der Waals surface area contributed by atoms with E-state index in [2.05, 4.69) is 31.3 Å². The Morgan fingerprint density at radius 2 is 0.937 bits per heavy atom. The van der Waals surface area contributed by atoms with E-state index in [-0.39, 0.29) is 12.8 Å². The Morgan fingerprint density at radius 3 is 1.37 bits per heavy atom. The molecule has 0 bridgehead atoms. The molecule has 1 amide bonds. The van der Waals surface area contributed by atoms with E-state index in [0.717, 1.165) is 38.5 Å². The van der Waals surface area contributed by atoms with Gasteiger partial charge in [0.2, 0.25) is 5.91 Å². The lowest BCUT2D eigenvalue weighted by Gasteiger charge is -2.40. The van der Waals surface area contributed by atoms with E-state index in [0.29, 0.717) is 12.8 Å². The second-order valence-corrected chi connectivity index (χ2v) is 19.0. The maximum absolute atomic E-state index is 13.1. The van der Waals surface area contributed by atoms with Crippen molar-refractivity contribution >= 4 is 5.91 Å². The van der Waals surface area contributed by atoms with E-state index in [1.165, 1.54) is 167 Å². The van der Waals surface area contributed by atoms with Crippen molar-refractivity contribution in [2.24, 2.45) is 0 Å². The smallest absolute Gasteiger partial charge is 0.249 e. The maximum Gasteiger partial charge on any atom is 0.249 e. The largest absolute Gasteiger partial charge is 0.394 e. The number of aliphatic hydroxyl groups excluding tert-OH is 7. The Labute approximate surface area is 385 Å². The number of carbonyl (C=O) groups is 1. The molecule has 1 saturated heterocycles. The van der Waals surface area contributed by atoms with Crippen LogP contribution in [0.4, 0.5) is 0 Å². The number of aliphatic hydroxyl groups is 7. The third-order valence-electron chi connectivity index (χ3n) is 13.1. The summed E-state index contributed by atoms with van der Waals surface area (Å²) in [6, 6.07) is -1.18. The summed E-state index contributed by atoms with van der Waals surface area (Å²) >= 11 is 0. The average molecular weight is 900 g/mol. The number of amides is 1. The lowest BCUT2D eigenvalue weighted by atomic mass is 9.98. The monoisotopic (exact) mass is 900 g/mol. The quantitative estimate of drug-likeness (QED) is 0.0216. The molecular formula is C52H101NO10. The number of unbranched alkanes of at least 4 members (excludes halogenated alkanes) is 31. The van der Waals surface area contributed by atoms with E-state index in [1.807, 2.05) is 0 Å². The molecule has 9 atom stereocenters. The maximum atomic E-state index is 13.1. The first-order valence-electron chi connectivity index (χ1n) is 26.6. The average Bonchev–Trinajstić information content (AvgIpc) is 3.28. The van der Waals surface area contributed by atoms with Crippen LogP contribution >= 0.6 is 0 Å². The van der Waals surface area contributed by atoms with Gasteiger partial charge in [0.15, 0.2) is 6.29 Å². The topological polar surface area (TPSA) is 189 Å². The van der Waals surface area contributed by atoms with Crippen molar-refractivity contribution in [2.45, 2.75) is 300 Å². The first-order chi connectivity index (χ1) is 30.7. The molecule has 0 aromatic heterocycles. The van der Waals surface area contributed by atoms with Crippen molar-refractivity contribution < 1.29 is 50.0 Å². The zero-order valence-corrected chi connectivity index (χ0v) is 40.6. The summed E-state index contributed by atoms with van der Waals surface area (Å²) in [5.74, 6) is -0.702. The van der Waals surface area contributed by atoms with E-state index in [4.69, 9.17) is 9.47 Å². The molecule has 0 aromatic carbocycles. The second-order valence-electron chi connectivity index (χ2n) is 19.0. The molecule has 1 aliphatic heterocycles.